The Kier molecular flexibility index (Phi) is 6.58. The summed E-state index contributed by atoms with van der Waals surface area (Å²) < 4.78 is 11.0. The largest absolute Gasteiger partial charge is 0.441 e. The van der Waals surface area contributed by atoms with Crippen molar-refractivity contribution < 1.29 is 14.3 Å². The Hall–Kier alpha value is -0.850. The molecule has 3 aliphatic rings. The second kappa shape index (κ2) is 8.69. The lowest BCUT2D eigenvalue weighted by molar-refractivity contribution is -0.0144. The Morgan fingerprint density at radius 2 is 1.92 bits per heavy atom. The Bertz CT molecular complexity index is 432. The first-order valence-electron chi connectivity index (χ1n) is 10.0. The number of amides is 1. The lowest BCUT2D eigenvalue weighted by Crippen LogP contribution is -2.50. The van der Waals surface area contributed by atoms with Gasteiger partial charge >= 0.3 is 6.09 Å². The lowest BCUT2D eigenvalue weighted by Gasteiger charge is -2.42. The van der Waals surface area contributed by atoms with Gasteiger partial charge in [-0.3, -0.25) is 0 Å². The third-order valence-electron chi connectivity index (χ3n) is 6.27. The van der Waals surface area contributed by atoms with E-state index >= 15 is 0 Å². The van der Waals surface area contributed by atoms with Crippen molar-refractivity contribution >= 4 is 6.09 Å². The minimum atomic E-state index is -0.229. The molecule has 6 heteroatoms. The molecular formula is C19H35N3O3. The van der Waals surface area contributed by atoms with Crippen LogP contribution in [0.25, 0.3) is 0 Å². The van der Waals surface area contributed by atoms with Crippen LogP contribution >= 0.6 is 0 Å². The molecule has 0 aromatic rings. The van der Waals surface area contributed by atoms with E-state index in [0.29, 0.717) is 0 Å². The van der Waals surface area contributed by atoms with Gasteiger partial charge in [0.25, 0.3) is 0 Å². The topological polar surface area (TPSA) is 45.2 Å². The summed E-state index contributed by atoms with van der Waals surface area (Å²) in [6.07, 6.45) is 8.73. The molecule has 1 saturated carbocycles. The second-order valence-corrected chi connectivity index (χ2v) is 8.10. The number of ether oxygens (including phenoxy) is 2. The summed E-state index contributed by atoms with van der Waals surface area (Å²) in [6, 6.07) is 0.772. The molecule has 2 saturated heterocycles. The van der Waals surface area contributed by atoms with Crippen molar-refractivity contribution in [1.82, 2.24) is 14.7 Å². The molecule has 1 amide bonds. The van der Waals surface area contributed by atoms with Gasteiger partial charge in [0.15, 0.2) is 0 Å². The van der Waals surface area contributed by atoms with E-state index in [1.807, 2.05) is 4.90 Å². The number of rotatable bonds is 7. The van der Waals surface area contributed by atoms with Crippen LogP contribution in [0.3, 0.4) is 0 Å². The van der Waals surface area contributed by atoms with Crippen molar-refractivity contribution in [2.24, 2.45) is 0 Å². The molecule has 0 N–H and O–H groups in total. The standard InChI is InChI=1S/C19H35N3O3/c1-20(14-15-24-2)12-13-22-16-19(25-18(22)23)8-10-21(11-9-19)17-6-4-3-5-7-17/h17H,3-16H2,1-2H3. The van der Waals surface area contributed by atoms with E-state index in [2.05, 4.69) is 16.8 Å². The third kappa shape index (κ3) is 4.86. The van der Waals surface area contributed by atoms with Crippen LogP contribution in [0.2, 0.25) is 0 Å². The van der Waals surface area contributed by atoms with Gasteiger partial charge in [-0.15, -0.1) is 0 Å². The van der Waals surface area contributed by atoms with Crippen molar-refractivity contribution in [1.29, 1.82) is 0 Å². The Labute approximate surface area is 152 Å². The summed E-state index contributed by atoms with van der Waals surface area (Å²) in [7, 11) is 3.79. The van der Waals surface area contributed by atoms with Crippen LogP contribution in [-0.2, 0) is 9.47 Å². The molecule has 2 aliphatic heterocycles. The number of hydrogen-bond acceptors (Lipinski definition) is 5. The summed E-state index contributed by atoms with van der Waals surface area (Å²) in [5.74, 6) is 0. The van der Waals surface area contributed by atoms with Crippen LogP contribution in [-0.4, -0.2) is 92.5 Å². The van der Waals surface area contributed by atoms with Gasteiger partial charge in [0, 0.05) is 58.7 Å². The first kappa shape index (κ1) is 18.9. The van der Waals surface area contributed by atoms with Gasteiger partial charge < -0.3 is 24.2 Å². The molecule has 0 unspecified atom stereocenters. The van der Waals surface area contributed by atoms with E-state index in [1.165, 1.54) is 32.1 Å². The molecule has 6 nitrogen and oxygen atoms in total. The highest BCUT2D eigenvalue weighted by Crippen LogP contribution is 2.35. The monoisotopic (exact) mass is 353 g/mol. The van der Waals surface area contributed by atoms with E-state index in [4.69, 9.17) is 9.47 Å². The predicted octanol–water partition coefficient (Wildman–Crippen LogP) is 2.18. The summed E-state index contributed by atoms with van der Waals surface area (Å²) >= 11 is 0. The normalized spacial score (nSPS) is 25.1. The summed E-state index contributed by atoms with van der Waals surface area (Å²) in [5.41, 5.74) is -0.229. The van der Waals surface area contributed by atoms with Crippen molar-refractivity contribution in [3.63, 3.8) is 0 Å². The van der Waals surface area contributed by atoms with E-state index < -0.39 is 0 Å². The van der Waals surface area contributed by atoms with Gasteiger partial charge in [0.1, 0.15) is 5.60 Å². The van der Waals surface area contributed by atoms with Crippen LogP contribution in [0, 0.1) is 0 Å². The highest BCUT2D eigenvalue weighted by atomic mass is 16.6. The summed E-state index contributed by atoms with van der Waals surface area (Å²) in [5, 5.41) is 0. The fourth-order valence-corrected chi connectivity index (χ4v) is 4.52. The molecule has 144 valence electrons. The van der Waals surface area contributed by atoms with Gasteiger partial charge in [-0.25, -0.2) is 4.79 Å². The summed E-state index contributed by atoms with van der Waals surface area (Å²) in [6.45, 7) is 6.15. The maximum absolute atomic E-state index is 12.3. The number of carbonyl (C=O) groups excluding carboxylic acids is 1. The zero-order valence-electron chi connectivity index (χ0n) is 16.0. The molecule has 1 aliphatic carbocycles. The molecule has 2 heterocycles. The number of piperidine rings is 1. The lowest BCUT2D eigenvalue weighted by atomic mass is 9.87. The molecule has 0 atom stereocenters. The van der Waals surface area contributed by atoms with Crippen LogP contribution in [0.4, 0.5) is 4.79 Å². The highest BCUT2D eigenvalue weighted by Gasteiger charge is 2.47. The van der Waals surface area contributed by atoms with Crippen LogP contribution in [0.5, 0.6) is 0 Å². The predicted molar refractivity (Wildman–Crippen MR) is 97.8 cm³/mol. The Balaban J connectivity index is 1.44. The molecule has 0 radical (unpaired) electrons. The molecule has 3 fully saturated rings. The second-order valence-electron chi connectivity index (χ2n) is 8.10. The minimum absolute atomic E-state index is 0.119. The van der Waals surface area contributed by atoms with Gasteiger partial charge in [-0.2, -0.15) is 0 Å². The third-order valence-corrected chi connectivity index (χ3v) is 6.27. The summed E-state index contributed by atoms with van der Waals surface area (Å²) in [4.78, 5) is 19.1. The number of likely N-dealkylation sites (N-methyl/N-ethyl adjacent to an activating group) is 1. The molecule has 3 rings (SSSR count). The molecule has 0 aromatic carbocycles. The fraction of sp³-hybridized carbons (Fsp3) is 0.947. The minimum Gasteiger partial charge on any atom is -0.441 e. The average Bonchev–Trinajstić information content (AvgIpc) is 2.94. The van der Waals surface area contributed by atoms with Crippen molar-refractivity contribution in [2.75, 3.05) is 60.0 Å². The van der Waals surface area contributed by atoms with E-state index in [-0.39, 0.29) is 11.7 Å². The highest BCUT2D eigenvalue weighted by molar-refractivity contribution is 5.70. The van der Waals surface area contributed by atoms with Gasteiger partial charge in [-0.05, 0) is 19.9 Å². The first-order chi connectivity index (χ1) is 12.1. The van der Waals surface area contributed by atoms with Gasteiger partial charge in [-0.1, -0.05) is 19.3 Å². The molecule has 25 heavy (non-hydrogen) atoms. The van der Waals surface area contributed by atoms with E-state index in [0.717, 1.165) is 64.8 Å². The van der Waals surface area contributed by atoms with Gasteiger partial charge in [0.2, 0.25) is 0 Å². The quantitative estimate of drug-likeness (QED) is 0.702. The zero-order chi connectivity index (χ0) is 17.7. The van der Waals surface area contributed by atoms with Gasteiger partial charge in [0.05, 0.1) is 13.2 Å². The maximum Gasteiger partial charge on any atom is 0.410 e. The Morgan fingerprint density at radius 3 is 2.60 bits per heavy atom. The van der Waals surface area contributed by atoms with Crippen LogP contribution in [0.15, 0.2) is 0 Å². The molecule has 1 spiro atoms. The number of hydrogen-bond donors (Lipinski definition) is 0. The smallest absolute Gasteiger partial charge is 0.410 e. The average molecular weight is 354 g/mol. The van der Waals surface area contributed by atoms with E-state index in [9.17, 15) is 4.79 Å². The van der Waals surface area contributed by atoms with E-state index in [1.54, 1.807) is 7.11 Å². The van der Waals surface area contributed by atoms with Crippen molar-refractivity contribution in [3.05, 3.63) is 0 Å². The van der Waals surface area contributed by atoms with Crippen LogP contribution in [0.1, 0.15) is 44.9 Å². The molecular weight excluding hydrogens is 318 g/mol. The van der Waals surface area contributed by atoms with Crippen molar-refractivity contribution in [3.8, 4) is 0 Å². The first-order valence-corrected chi connectivity index (χ1v) is 10.0. The number of likely N-dealkylation sites (tertiary alicyclic amines) is 1. The van der Waals surface area contributed by atoms with Crippen molar-refractivity contribution in [2.45, 2.75) is 56.6 Å². The molecule has 0 bridgehead atoms. The number of nitrogens with zero attached hydrogens (tertiary/aromatic N) is 3. The van der Waals surface area contributed by atoms with Crippen LogP contribution < -0.4 is 0 Å². The molecule has 0 aromatic heterocycles. The number of carbonyl (C=O) groups is 1. The Morgan fingerprint density at radius 1 is 1.20 bits per heavy atom. The fourth-order valence-electron chi connectivity index (χ4n) is 4.52. The SMILES string of the molecule is COCCN(C)CCN1CC2(CCN(C3CCCCC3)CC2)OC1=O. The zero-order valence-corrected chi connectivity index (χ0v) is 16.0. The maximum atomic E-state index is 12.3. The number of methoxy groups -OCH3 is 1.